The lowest BCUT2D eigenvalue weighted by Gasteiger charge is -2.15. The van der Waals surface area contributed by atoms with E-state index in [0.29, 0.717) is 17.1 Å². The minimum Gasteiger partial charge on any atom is -0.458 e. The van der Waals surface area contributed by atoms with E-state index in [4.69, 9.17) is 23.7 Å². The van der Waals surface area contributed by atoms with E-state index in [9.17, 15) is 27.6 Å². The second kappa shape index (κ2) is 14.6. The van der Waals surface area contributed by atoms with Gasteiger partial charge in [-0.3, -0.25) is 4.79 Å². The molecule has 11 heteroatoms. The van der Waals surface area contributed by atoms with Crippen molar-refractivity contribution in [1.82, 2.24) is 0 Å². The Kier molecular flexibility index (Phi) is 10.4. The Morgan fingerprint density at radius 1 is 0.644 bits per heavy atom. The molecule has 0 saturated carbocycles. The molecular formula is C34H25F3O8. The normalized spacial score (nSPS) is 10.7. The monoisotopic (exact) mass is 618 g/mol. The molecule has 45 heavy (non-hydrogen) atoms. The van der Waals surface area contributed by atoms with Gasteiger partial charge in [-0.15, -0.1) is 0 Å². The van der Waals surface area contributed by atoms with Crippen molar-refractivity contribution in [3.05, 3.63) is 133 Å². The highest BCUT2D eigenvalue weighted by Gasteiger charge is 2.34. The molecule has 0 saturated heterocycles. The van der Waals surface area contributed by atoms with Crippen LogP contribution >= 0.6 is 0 Å². The third-order valence-electron chi connectivity index (χ3n) is 6.13. The number of ketones is 1. The fourth-order valence-electron chi connectivity index (χ4n) is 3.87. The molecule has 0 N–H and O–H groups in total. The summed E-state index contributed by atoms with van der Waals surface area (Å²) in [6.07, 6.45) is -2.57. The summed E-state index contributed by atoms with van der Waals surface area (Å²) in [4.78, 5) is 35.3. The predicted molar refractivity (Wildman–Crippen MR) is 157 cm³/mol. The summed E-state index contributed by atoms with van der Waals surface area (Å²) in [7, 11) is 0. The average Bonchev–Trinajstić information content (AvgIpc) is 3.05. The van der Waals surface area contributed by atoms with Crippen molar-refractivity contribution in [1.29, 1.82) is 0 Å². The molecule has 0 aliphatic heterocycles. The molecule has 0 atom stereocenters. The van der Waals surface area contributed by atoms with E-state index < -0.39 is 23.7 Å². The Hall–Kier alpha value is -5.84. The topological polar surface area (TPSA) is 97.4 Å². The Labute approximate surface area is 255 Å². The first-order chi connectivity index (χ1) is 21.6. The van der Waals surface area contributed by atoms with Crippen LogP contribution in [-0.4, -0.2) is 31.3 Å². The number of hydrogen-bond donors (Lipinski definition) is 0. The average molecular weight is 619 g/mol. The van der Waals surface area contributed by atoms with Crippen molar-refractivity contribution in [3.63, 3.8) is 0 Å². The Balaban J connectivity index is 1.38. The molecule has 0 heterocycles. The van der Waals surface area contributed by atoms with E-state index in [1.165, 1.54) is 66.7 Å². The SMILES string of the molecule is C=CC(=O)OCOc1ccc(C(=O)Oc2ccc(-c3ccc(OCOc4ccc(C(=O)C=C)cc4)cc3)c(C(F)(F)F)c2)cc1. The maximum Gasteiger partial charge on any atom is 0.417 e. The largest absolute Gasteiger partial charge is 0.458 e. The van der Waals surface area contributed by atoms with Gasteiger partial charge >= 0.3 is 18.1 Å². The van der Waals surface area contributed by atoms with E-state index in [1.807, 2.05) is 0 Å². The molecule has 0 unspecified atom stereocenters. The van der Waals surface area contributed by atoms with Gasteiger partial charge in [0.25, 0.3) is 0 Å². The van der Waals surface area contributed by atoms with Gasteiger partial charge in [0, 0.05) is 11.6 Å². The highest BCUT2D eigenvalue weighted by Crippen LogP contribution is 2.39. The zero-order valence-corrected chi connectivity index (χ0v) is 23.5. The molecule has 0 spiro atoms. The molecule has 0 amide bonds. The molecule has 0 radical (unpaired) electrons. The molecule has 0 aliphatic rings. The lowest BCUT2D eigenvalue weighted by molar-refractivity contribution is -0.144. The second-order valence-electron chi connectivity index (χ2n) is 9.07. The maximum absolute atomic E-state index is 14.0. The molecule has 4 rings (SSSR count). The van der Waals surface area contributed by atoms with Gasteiger partial charge in [0.1, 0.15) is 23.0 Å². The molecule has 0 bridgehead atoms. The van der Waals surface area contributed by atoms with Crippen LogP contribution < -0.4 is 18.9 Å². The van der Waals surface area contributed by atoms with E-state index >= 15 is 0 Å². The summed E-state index contributed by atoms with van der Waals surface area (Å²) in [5.74, 6) is -0.983. The number of allylic oxidation sites excluding steroid dienone is 1. The minimum absolute atomic E-state index is 0.0578. The summed E-state index contributed by atoms with van der Waals surface area (Å²) >= 11 is 0. The second-order valence-corrected chi connectivity index (χ2v) is 9.07. The summed E-state index contributed by atoms with van der Waals surface area (Å²) in [5, 5.41) is 0. The van der Waals surface area contributed by atoms with Gasteiger partial charge in [0.05, 0.1) is 11.1 Å². The van der Waals surface area contributed by atoms with Gasteiger partial charge in [0.15, 0.2) is 5.78 Å². The summed E-state index contributed by atoms with van der Waals surface area (Å²) in [5.41, 5.74) is -0.353. The van der Waals surface area contributed by atoms with Crippen LogP contribution in [0.3, 0.4) is 0 Å². The molecule has 0 aromatic heterocycles. The number of ether oxygens (including phenoxy) is 5. The van der Waals surface area contributed by atoms with Gasteiger partial charge in [-0.1, -0.05) is 31.4 Å². The van der Waals surface area contributed by atoms with Crippen LogP contribution in [0, 0.1) is 0 Å². The van der Waals surface area contributed by atoms with E-state index in [0.717, 1.165) is 12.1 Å². The van der Waals surface area contributed by atoms with E-state index in [2.05, 4.69) is 13.2 Å². The minimum atomic E-state index is -4.75. The number of alkyl halides is 3. The lowest BCUT2D eigenvalue weighted by atomic mass is 9.99. The number of halogens is 3. The number of hydrogen-bond acceptors (Lipinski definition) is 8. The van der Waals surface area contributed by atoms with Crippen LogP contribution in [0.25, 0.3) is 11.1 Å². The zero-order chi connectivity index (χ0) is 32.4. The molecular weight excluding hydrogens is 593 g/mol. The lowest BCUT2D eigenvalue weighted by Crippen LogP contribution is -2.11. The van der Waals surface area contributed by atoms with Crippen molar-refractivity contribution in [2.75, 3.05) is 13.6 Å². The summed E-state index contributed by atoms with van der Waals surface area (Å²) < 4.78 is 68.2. The van der Waals surface area contributed by atoms with Gasteiger partial charge in [-0.25, -0.2) is 9.59 Å². The van der Waals surface area contributed by atoms with Crippen molar-refractivity contribution in [3.8, 4) is 34.1 Å². The molecule has 230 valence electrons. The fraction of sp³-hybridized carbons (Fsp3) is 0.0882. The van der Waals surface area contributed by atoms with Crippen molar-refractivity contribution in [2.24, 2.45) is 0 Å². The fourth-order valence-corrected chi connectivity index (χ4v) is 3.87. The number of esters is 2. The predicted octanol–water partition coefficient (Wildman–Crippen LogP) is 7.44. The highest BCUT2D eigenvalue weighted by molar-refractivity contribution is 6.04. The van der Waals surface area contributed by atoms with Gasteiger partial charge in [-0.2, -0.15) is 13.2 Å². The van der Waals surface area contributed by atoms with Gasteiger partial charge in [0.2, 0.25) is 13.6 Å². The van der Waals surface area contributed by atoms with Crippen molar-refractivity contribution < 1.29 is 51.2 Å². The first-order valence-electron chi connectivity index (χ1n) is 13.2. The number of carbonyl (C=O) groups is 3. The van der Waals surface area contributed by atoms with Crippen LogP contribution in [0.15, 0.2) is 116 Å². The van der Waals surface area contributed by atoms with Gasteiger partial charge < -0.3 is 23.7 Å². The molecule has 0 fully saturated rings. The van der Waals surface area contributed by atoms with Crippen LogP contribution in [0.1, 0.15) is 26.3 Å². The Morgan fingerprint density at radius 2 is 1.16 bits per heavy atom. The number of benzene rings is 4. The highest BCUT2D eigenvalue weighted by atomic mass is 19.4. The molecule has 4 aromatic rings. The quantitative estimate of drug-likeness (QED) is 0.0502. The first kappa shape index (κ1) is 32.1. The standard InChI is InChI=1S/C34H25F3O8/c1-3-31(38)23-7-13-26(14-8-23)42-20-41-25-11-5-22(6-12-25)29-18-17-28(19-30(29)34(35,36)37)45-33(40)24-9-15-27(16-10-24)43-21-44-32(39)4-2/h3-19H,1-2,20-21H2. The molecule has 0 aliphatic carbocycles. The first-order valence-corrected chi connectivity index (χ1v) is 13.2. The third-order valence-corrected chi connectivity index (χ3v) is 6.13. The number of carbonyl (C=O) groups excluding carboxylic acids is 3. The number of rotatable bonds is 13. The van der Waals surface area contributed by atoms with Crippen molar-refractivity contribution >= 4 is 17.7 Å². The van der Waals surface area contributed by atoms with Crippen LogP contribution in [-0.2, 0) is 15.7 Å². The Bertz CT molecular complexity index is 1680. The van der Waals surface area contributed by atoms with Gasteiger partial charge in [-0.05, 0) is 90.0 Å². The molecule has 8 nitrogen and oxygen atoms in total. The smallest absolute Gasteiger partial charge is 0.417 e. The Morgan fingerprint density at radius 3 is 1.69 bits per heavy atom. The van der Waals surface area contributed by atoms with Crippen LogP contribution in [0.5, 0.6) is 23.0 Å². The van der Waals surface area contributed by atoms with E-state index in [-0.39, 0.29) is 47.6 Å². The summed E-state index contributed by atoms with van der Waals surface area (Å²) in [6.45, 7) is 6.14. The zero-order valence-electron chi connectivity index (χ0n) is 23.5. The van der Waals surface area contributed by atoms with Crippen molar-refractivity contribution in [2.45, 2.75) is 6.18 Å². The third kappa shape index (κ3) is 8.83. The van der Waals surface area contributed by atoms with Crippen LogP contribution in [0.2, 0.25) is 0 Å². The van der Waals surface area contributed by atoms with Crippen LogP contribution in [0.4, 0.5) is 13.2 Å². The summed E-state index contributed by atoms with van der Waals surface area (Å²) in [6, 6.07) is 21.0. The molecule has 4 aromatic carbocycles. The van der Waals surface area contributed by atoms with E-state index in [1.54, 1.807) is 24.3 Å². The maximum atomic E-state index is 14.0.